The van der Waals surface area contributed by atoms with E-state index in [1.807, 2.05) is 24.0 Å². The molecule has 1 heterocycles. The number of ether oxygens (including phenoxy) is 1. The highest BCUT2D eigenvalue weighted by Gasteiger charge is 2.38. The van der Waals surface area contributed by atoms with Crippen LogP contribution < -0.4 is 10.6 Å². The average Bonchev–Trinajstić information content (AvgIpc) is 2.67. The van der Waals surface area contributed by atoms with Crippen molar-refractivity contribution in [1.82, 2.24) is 15.5 Å². The number of carboxylic acids is 1. The van der Waals surface area contributed by atoms with Crippen molar-refractivity contribution in [3.8, 4) is 0 Å². The van der Waals surface area contributed by atoms with Gasteiger partial charge in [0.15, 0.2) is 0 Å². The Bertz CT molecular complexity index is 705. The second-order valence-corrected chi connectivity index (χ2v) is 7.71. The molecule has 1 unspecified atom stereocenters. The summed E-state index contributed by atoms with van der Waals surface area (Å²) in [4.78, 5) is 25.3. The fourth-order valence-electron chi connectivity index (χ4n) is 4.32. The Labute approximate surface area is 166 Å². The molecule has 0 saturated heterocycles. The maximum Gasteiger partial charge on any atom is 0.317 e. The first-order valence-corrected chi connectivity index (χ1v) is 10.2. The number of benzene rings is 1. The predicted molar refractivity (Wildman–Crippen MR) is 106 cm³/mol. The average molecular weight is 389 g/mol. The molecule has 0 spiro atoms. The Morgan fingerprint density at radius 2 is 2.04 bits per heavy atom. The minimum atomic E-state index is -0.811. The number of fused-ring (bicyclic) bond motifs is 1. The number of rotatable bonds is 8. The first-order valence-electron chi connectivity index (χ1n) is 10.2. The fraction of sp³-hybridized carbons (Fsp3) is 0.619. The molecule has 0 aromatic heterocycles. The molecular formula is C21H31N3O4. The van der Waals surface area contributed by atoms with E-state index in [9.17, 15) is 9.59 Å². The number of carboxylic acid groups (broad SMARTS) is 1. The molecule has 1 fully saturated rings. The van der Waals surface area contributed by atoms with Crippen molar-refractivity contribution in [3.63, 3.8) is 0 Å². The summed E-state index contributed by atoms with van der Waals surface area (Å²) in [6.07, 6.45) is 3.26. The molecule has 154 valence electrons. The highest BCUT2D eigenvalue weighted by Crippen LogP contribution is 2.35. The number of amides is 2. The molecule has 1 saturated carbocycles. The van der Waals surface area contributed by atoms with E-state index in [1.54, 1.807) is 0 Å². The second kappa shape index (κ2) is 8.92. The maximum absolute atomic E-state index is 12.4. The number of nitrogens with one attached hydrogen (secondary N) is 2. The summed E-state index contributed by atoms with van der Waals surface area (Å²) >= 11 is 0. The van der Waals surface area contributed by atoms with Crippen molar-refractivity contribution in [2.75, 3.05) is 26.2 Å². The van der Waals surface area contributed by atoms with Crippen LogP contribution in [0.15, 0.2) is 24.3 Å². The zero-order chi connectivity index (χ0) is 20.1. The lowest BCUT2D eigenvalue weighted by Gasteiger charge is -2.42. The van der Waals surface area contributed by atoms with Gasteiger partial charge < -0.3 is 20.5 Å². The molecule has 3 rings (SSSR count). The largest absolute Gasteiger partial charge is 0.480 e. The molecule has 1 atom stereocenters. The Hall–Kier alpha value is -2.12. The van der Waals surface area contributed by atoms with Crippen LogP contribution in [0.4, 0.5) is 4.79 Å². The van der Waals surface area contributed by atoms with Gasteiger partial charge in [0.05, 0.1) is 19.7 Å². The summed E-state index contributed by atoms with van der Waals surface area (Å²) in [6, 6.07) is 8.41. The van der Waals surface area contributed by atoms with Gasteiger partial charge in [0.1, 0.15) is 5.60 Å². The van der Waals surface area contributed by atoms with Gasteiger partial charge >= 0.3 is 12.0 Å². The molecule has 1 aliphatic carbocycles. The van der Waals surface area contributed by atoms with Gasteiger partial charge in [-0.25, -0.2) is 4.79 Å². The topological polar surface area (TPSA) is 90.9 Å². The Balaban J connectivity index is 1.49. The summed E-state index contributed by atoms with van der Waals surface area (Å²) in [6.45, 7) is 5.89. The van der Waals surface area contributed by atoms with Crippen LogP contribution in [0.25, 0.3) is 0 Å². The van der Waals surface area contributed by atoms with Gasteiger partial charge in [0.25, 0.3) is 0 Å². The first-order chi connectivity index (χ1) is 13.5. The number of carbonyl (C=O) groups excluding carboxylic acids is 1. The van der Waals surface area contributed by atoms with Gasteiger partial charge in [-0.15, -0.1) is 0 Å². The van der Waals surface area contributed by atoms with Gasteiger partial charge in [-0.1, -0.05) is 38.1 Å². The zero-order valence-corrected chi connectivity index (χ0v) is 16.7. The molecule has 0 radical (unpaired) electrons. The van der Waals surface area contributed by atoms with Crippen LogP contribution in [0.1, 0.15) is 44.2 Å². The summed E-state index contributed by atoms with van der Waals surface area (Å²) < 4.78 is 6.13. The Kier molecular flexibility index (Phi) is 6.57. The van der Waals surface area contributed by atoms with E-state index in [0.29, 0.717) is 19.7 Å². The molecule has 7 heteroatoms. The smallest absolute Gasteiger partial charge is 0.317 e. The lowest BCUT2D eigenvalue weighted by atomic mass is 9.84. The van der Waals surface area contributed by atoms with E-state index < -0.39 is 11.6 Å². The van der Waals surface area contributed by atoms with E-state index in [4.69, 9.17) is 9.84 Å². The lowest BCUT2D eigenvalue weighted by Crippen LogP contribution is -2.57. The van der Waals surface area contributed by atoms with Gasteiger partial charge in [-0.3, -0.25) is 9.69 Å². The molecule has 28 heavy (non-hydrogen) atoms. The Morgan fingerprint density at radius 3 is 2.71 bits per heavy atom. The summed E-state index contributed by atoms with van der Waals surface area (Å²) in [5.74, 6) is -0.811. The van der Waals surface area contributed by atoms with E-state index >= 15 is 0 Å². The number of hydrogen-bond donors (Lipinski definition) is 3. The zero-order valence-electron chi connectivity index (χ0n) is 16.7. The van der Waals surface area contributed by atoms with E-state index in [2.05, 4.69) is 29.7 Å². The lowest BCUT2D eigenvalue weighted by molar-refractivity contribution is -0.139. The van der Waals surface area contributed by atoms with Crippen LogP contribution in [0.2, 0.25) is 0 Å². The highest BCUT2D eigenvalue weighted by atomic mass is 16.5. The number of hydrogen-bond acceptors (Lipinski definition) is 4. The third kappa shape index (κ3) is 4.47. The number of urea groups is 1. The van der Waals surface area contributed by atoms with Crippen LogP contribution in [0.5, 0.6) is 0 Å². The third-order valence-electron chi connectivity index (χ3n) is 6.07. The standard InChI is InChI=1S/C21H31N3O4/c1-3-21(18-8-6-5-7-15(18)9-10-28-21)14-22-20(27)23-16-11-17(12-16)24(4-2)13-19(25)26/h5-8,16-17H,3-4,9-14H2,1-2H3,(H,25,26)(H2,22,23,27). The molecule has 7 nitrogen and oxygen atoms in total. The van der Waals surface area contributed by atoms with E-state index in [-0.39, 0.29) is 24.7 Å². The molecule has 1 aliphatic heterocycles. The van der Waals surface area contributed by atoms with Crippen molar-refractivity contribution in [1.29, 1.82) is 0 Å². The van der Waals surface area contributed by atoms with Gasteiger partial charge in [-0.2, -0.15) is 0 Å². The van der Waals surface area contributed by atoms with Crippen molar-refractivity contribution in [2.45, 2.75) is 57.2 Å². The number of likely N-dealkylation sites (N-methyl/N-ethyl adjacent to an activating group) is 1. The van der Waals surface area contributed by atoms with Crippen LogP contribution >= 0.6 is 0 Å². The van der Waals surface area contributed by atoms with Crippen LogP contribution in [-0.4, -0.2) is 60.3 Å². The van der Waals surface area contributed by atoms with Gasteiger partial charge in [0, 0.05) is 12.1 Å². The highest BCUT2D eigenvalue weighted by molar-refractivity contribution is 5.74. The minimum Gasteiger partial charge on any atom is -0.480 e. The van der Waals surface area contributed by atoms with Crippen molar-refractivity contribution in [3.05, 3.63) is 35.4 Å². The molecule has 2 amide bonds. The van der Waals surface area contributed by atoms with Crippen molar-refractivity contribution < 1.29 is 19.4 Å². The molecule has 1 aromatic carbocycles. The van der Waals surface area contributed by atoms with Gasteiger partial charge in [-0.05, 0) is 43.4 Å². The predicted octanol–water partition coefficient (Wildman–Crippen LogP) is 2.10. The van der Waals surface area contributed by atoms with E-state index in [1.165, 1.54) is 11.1 Å². The first kappa shape index (κ1) is 20.6. The van der Waals surface area contributed by atoms with Gasteiger partial charge in [0.2, 0.25) is 0 Å². The normalized spacial score (nSPS) is 26.2. The molecule has 0 bridgehead atoms. The fourth-order valence-corrected chi connectivity index (χ4v) is 4.32. The monoisotopic (exact) mass is 389 g/mol. The summed E-state index contributed by atoms with van der Waals surface area (Å²) in [5, 5.41) is 15.0. The molecule has 1 aromatic rings. The van der Waals surface area contributed by atoms with E-state index in [0.717, 1.165) is 25.7 Å². The molecular weight excluding hydrogens is 358 g/mol. The SMILES string of the molecule is CCN(CC(=O)O)C1CC(NC(=O)NCC2(CC)OCCc3ccccc32)C1. The molecule has 3 N–H and O–H groups in total. The number of carbonyl (C=O) groups is 2. The summed E-state index contributed by atoms with van der Waals surface area (Å²) in [7, 11) is 0. The van der Waals surface area contributed by atoms with Crippen LogP contribution in [0, 0.1) is 0 Å². The summed E-state index contributed by atoms with van der Waals surface area (Å²) in [5.41, 5.74) is 1.98. The van der Waals surface area contributed by atoms with Crippen molar-refractivity contribution in [2.24, 2.45) is 0 Å². The number of aliphatic carboxylic acids is 1. The minimum absolute atomic E-state index is 0.0514. The number of nitrogens with zero attached hydrogens (tertiary/aromatic N) is 1. The third-order valence-corrected chi connectivity index (χ3v) is 6.07. The molecule has 2 aliphatic rings. The van der Waals surface area contributed by atoms with Crippen LogP contribution in [-0.2, 0) is 21.6 Å². The Morgan fingerprint density at radius 1 is 1.29 bits per heavy atom. The van der Waals surface area contributed by atoms with Crippen molar-refractivity contribution >= 4 is 12.0 Å². The van der Waals surface area contributed by atoms with Crippen LogP contribution in [0.3, 0.4) is 0 Å². The maximum atomic E-state index is 12.4. The second-order valence-electron chi connectivity index (χ2n) is 7.71. The quantitative estimate of drug-likeness (QED) is 0.633.